The van der Waals surface area contributed by atoms with Crippen LogP contribution in [0.5, 0.6) is 0 Å². The van der Waals surface area contributed by atoms with Crippen molar-refractivity contribution in [2.24, 2.45) is 5.92 Å². The molecule has 0 radical (unpaired) electrons. The molecule has 4 rings (SSSR count). The van der Waals surface area contributed by atoms with Crippen molar-refractivity contribution < 1.29 is 4.79 Å². The van der Waals surface area contributed by atoms with Crippen LogP contribution in [-0.4, -0.2) is 42.8 Å². The second kappa shape index (κ2) is 6.37. The van der Waals surface area contributed by atoms with Crippen LogP contribution in [0.1, 0.15) is 44.9 Å². The third-order valence-corrected chi connectivity index (χ3v) is 5.20. The highest BCUT2D eigenvalue weighted by atomic mass is 16.2. The summed E-state index contributed by atoms with van der Waals surface area (Å²) in [6, 6.07) is 1.98. The molecule has 0 unspecified atom stereocenters. The highest BCUT2D eigenvalue weighted by Crippen LogP contribution is 2.32. The van der Waals surface area contributed by atoms with Crippen molar-refractivity contribution >= 4 is 11.4 Å². The van der Waals surface area contributed by atoms with Crippen molar-refractivity contribution in [1.82, 2.24) is 24.3 Å². The summed E-state index contributed by atoms with van der Waals surface area (Å²) in [6.45, 7) is 0.858. The van der Waals surface area contributed by atoms with Crippen molar-refractivity contribution in [1.29, 1.82) is 0 Å². The minimum atomic E-state index is -0.265. The van der Waals surface area contributed by atoms with E-state index in [9.17, 15) is 9.59 Å². The van der Waals surface area contributed by atoms with Crippen LogP contribution < -0.4 is 5.56 Å². The number of aromatic nitrogens is 4. The van der Waals surface area contributed by atoms with Crippen molar-refractivity contribution in [3.05, 3.63) is 28.9 Å². The zero-order valence-corrected chi connectivity index (χ0v) is 13.8. The molecule has 7 heteroatoms. The van der Waals surface area contributed by atoms with Gasteiger partial charge in [-0.3, -0.25) is 9.59 Å². The summed E-state index contributed by atoms with van der Waals surface area (Å²) in [4.78, 5) is 27.4. The fraction of sp³-hybridized carbons (Fsp3) is 0.647. The number of carbonyl (C=O) groups excluding carboxylic acids is 1. The summed E-state index contributed by atoms with van der Waals surface area (Å²) in [7, 11) is 0. The van der Waals surface area contributed by atoms with E-state index in [1.165, 1.54) is 47.6 Å². The first-order valence-electron chi connectivity index (χ1n) is 8.91. The van der Waals surface area contributed by atoms with Gasteiger partial charge < -0.3 is 4.90 Å². The van der Waals surface area contributed by atoms with Gasteiger partial charge in [-0.05, 0) is 37.7 Å². The maximum Gasteiger partial charge on any atom is 0.293 e. The highest BCUT2D eigenvalue weighted by Gasteiger charge is 2.32. The number of fused-ring (bicyclic) bond motifs is 1. The third kappa shape index (κ3) is 3.07. The molecule has 2 heterocycles. The second-order valence-electron chi connectivity index (χ2n) is 7.04. The van der Waals surface area contributed by atoms with Gasteiger partial charge in [-0.25, -0.2) is 9.20 Å². The predicted octanol–water partition coefficient (Wildman–Crippen LogP) is 1.46. The Labute approximate surface area is 140 Å². The van der Waals surface area contributed by atoms with Crippen LogP contribution in [0.25, 0.3) is 5.52 Å². The lowest BCUT2D eigenvalue weighted by atomic mass is 9.94. The van der Waals surface area contributed by atoms with Gasteiger partial charge >= 0.3 is 0 Å². The van der Waals surface area contributed by atoms with E-state index in [1.54, 1.807) is 12.3 Å². The predicted molar refractivity (Wildman–Crippen MR) is 88.6 cm³/mol. The molecule has 2 aliphatic rings. The number of nitrogens with zero attached hydrogens (tertiary/aromatic N) is 5. The first-order valence-corrected chi connectivity index (χ1v) is 8.91. The van der Waals surface area contributed by atoms with Gasteiger partial charge in [0.2, 0.25) is 5.91 Å². The van der Waals surface area contributed by atoms with Crippen LogP contribution in [0.4, 0.5) is 0 Å². The first-order chi connectivity index (χ1) is 11.7. The summed E-state index contributed by atoms with van der Waals surface area (Å²) >= 11 is 0. The van der Waals surface area contributed by atoms with Gasteiger partial charge in [-0.2, -0.15) is 10.2 Å². The second-order valence-corrected chi connectivity index (χ2v) is 7.04. The van der Waals surface area contributed by atoms with E-state index in [0.717, 1.165) is 19.4 Å². The van der Waals surface area contributed by atoms with E-state index in [0.29, 0.717) is 17.5 Å². The van der Waals surface area contributed by atoms with Crippen molar-refractivity contribution in [3.8, 4) is 0 Å². The van der Waals surface area contributed by atoms with E-state index in [4.69, 9.17) is 0 Å². The van der Waals surface area contributed by atoms with Crippen molar-refractivity contribution in [2.45, 2.75) is 57.5 Å². The molecule has 2 aliphatic carbocycles. The zero-order chi connectivity index (χ0) is 16.5. The van der Waals surface area contributed by atoms with E-state index in [-0.39, 0.29) is 18.0 Å². The van der Waals surface area contributed by atoms with Crippen LogP contribution in [-0.2, 0) is 11.3 Å². The lowest BCUT2D eigenvalue weighted by molar-refractivity contribution is -0.135. The van der Waals surface area contributed by atoms with Gasteiger partial charge in [0.15, 0.2) is 0 Å². The summed E-state index contributed by atoms with van der Waals surface area (Å²) in [5.41, 5.74) is 0.183. The number of rotatable bonds is 5. The largest absolute Gasteiger partial charge is 0.338 e. The monoisotopic (exact) mass is 329 g/mol. The Morgan fingerprint density at radius 3 is 2.71 bits per heavy atom. The Morgan fingerprint density at radius 1 is 1.17 bits per heavy atom. The number of hydrogen-bond acceptors (Lipinski definition) is 4. The van der Waals surface area contributed by atoms with E-state index >= 15 is 0 Å². The lowest BCUT2D eigenvalue weighted by Gasteiger charge is -2.34. The molecular formula is C17H23N5O2. The molecule has 2 fully saturated rings. The smallest absolute Gasteiger partial charge is 0.293 e. The quantitative estimate of drug-likeness (QED) is 0.832. The minimum Gasteiger partial charge on any atom is -0.338 e. The van der Waals surface area contributed by atoms with Gasteiger partial charge in [0.05, 0.1) is 6.20 Å². The van der Waals surface area contributed by atoms with E-state index in [2.05, 4.69) is 10.2 Å². The van der Waals surface area contributed by atoms with Crippen molar-refractivity contribution in [2.75, 3.05) is 6.54 Å². The molecule has 0 bridgehead atoms. The van der Waals surface area contributed by atoms with Crippen LogP contribution in [0, 0.1) is 5.92 Å². The van der Waals surface area contributed by atoms with Crippen LogP contribution in [0.3, 0.4) is 0 Å². The molecule has 2 aromatic heterocycles. The van der Waals surface area contributed by atoms with Crippen LogP contribution >= 0.6 is 0 Å². The normalized spacial score (nSPS) is 18.8. The third-order valence-electron chi connectivity index (χ3n) is 5.20. The molecule has 0 atom stereocenters. The summed E-state index contributed by atoms with van der Waals surface area (Å²) in [5, 5.41) is 8.10. The molecule has 1 amide bonds. The maximum atomic E-state index is 12.9. The molecule has 0 aliphatic heterocycles. The average Bonchev–Trinajstić information content (AvgIpc) is 3.30. The summed E-state index contributed by atoms with van der Waals surface area (Å²) in [5.74, 6) is 0.671. The Kier molecular flexibility index (Phi) is 4.08. The average molecular weight is 329 g/mol. The Balaban J connectivity index is 1.54. The van der Waals surface area contributed by atoms with E-state index < -0.39 is 0 Å². The number of carbonyl (C=O) groups is 1. The van der Waals surface area contributed by atoms with Gasteiger partial charge in [-0.15, -0.1) is 0 Å². The molecule has 128 valence electrons. The van der Waals surface area contributed by atoms with Crippen molar-refractivity contribution in [3.63, 3.8) is 0 Å². The fourth-order valence-electron chi connectivity index (χ4n) is 3.63. The van der Waals surface area contributed by atoms with Gasteiger partial charge in [0, 0.05) is 12.6 Å². The van der Waals surface area contributed by atoms with Crippen LogP contribution in [0.15, 0.2) is 23.4 Å². The van der Waals surface area contributed by atoms with Gasteiger partial charge in [0.25, 0.3) is 5.56 Å². The number of amides is 1. The first kappa shape index (κ1) is 15.4. The number of hydrogen-bond donors (Lipinski definition) is 0. The molecule has 24 heavy (non-hydrogen) atoms. The Morgan fingerprint density at radius 2 is 1.96 bits per heavy atom. The Hall–Kier alpha value is -2.18. The zero-order valence-electron chi connectivity index (χ0n) is 13.8. The van der Waals surface area contributed by atoms with Gasteiger partial charge in [0.1, 0.15) is 18.4 Å². The molecule has 7 nitrogen and oxygen atoms in total. The highest BCUT2D eigenvalue weighted by molar-refractivity contribution is 5.76. The minimum absolute atomic E-state index is 0.0176. The summed E-state index contributed by atoms with van der Waals surface area (Å²) in [6.07, 6.45) is 11.3. The molecule has 2 saturated carbocycles. The summed E-state index contributed by atoms with van der Waals surface area (Å²) < 4.78 is 2.70. The SMILES string of the molecule is O=C(Cn1ncn2nccc2c1=O)N(CC1CC1)C1CCCCC1. The molecular weight excluding hydrogens is 306 g/mol. The topological polar surface area (TPSA) is 72.5 Å². The Bertz CT molecular complexity index is 786. The lowest BCUT2D eigenvalue weighted by Crippen LogP contribution is -2.45. The van der Waals surface area contributed by atoms with Crippen LogP contribution in [0.2, 0.25) is 0 Å². The van der Waals surface area contributed by atoms with E-state index in [1.807, 2.05) is 4.90 Å². The van der Waals surface area contributed by atoms with Gasteiger partial charge in [-0.1, -0.05) is 19.3 Å². The molecule has 0 aromatic carbocycles. The molecule has 0 N–H and O–H groups in total. The molecule has 0 spiro atoms. The molecule has 2 aromatic rings. The fourth-order valence-corrected chi connectivity index (χ4v) is 3.63. The molecule has 0 saturated heterocycles. The standard InChI is InChI=1S/C17H23N5O2/c23-16(11-21-17(24)15-8-9-18-22(15)12-19-21)20(10-13-6-7-13)14-4-2-1-3-5-14/h8-9,12-14H,1-7,10-11H2. The maximum absolute atomic E-state index is 12.9.